The molecule has 0 saturated carbocycles. The van der Waals surface area contributed by atoms with Crippen molar-refractivity contribution in [2.45, 2.75) is 33.9 Å². The largest absolute Gasteiger partial charge is 0.493 e. The second-order valence-electron chi connectivity index (χ2n) is 7.26. The van der Waals surface area contributed by atoms with Gasteiger partial charge in [-0.1, -0.05) is 41.9 Å². The molecule has 0 bridgehead atoms. The highest BCUT2D eigenvalue weighted by molar-refractivity contribution is 6.30. The number of fused-ring (bicyclic) bond motifs is 1. The van der Waals surface area contributed by atoms with Crippen molar-refractivity contribution in [1.82, 2.24) is 9.55 Å². The molecule has 0 aliphatic carbocycles. The van der Waals surface area contributed by atoms with Crippen LogP contribution >= 0.6 is 24.0 Å². The average molecular weight is 457 g/mol. The highest BCUT2D eigenvalue weighted by Gasteiger charge is 2.17. The van der Waals surface area contributed by atoms with Crippen molar-refractivity contribution >= 4 is 35.0 Å². The quantitative estimate of drug-likeness (QED) is 0.308. The number of aryl methyl sites for hydroxylation is 1. The summed E-state index contributed by atoms with van der Waals surface area (Å²) in [6, 6.07) is 17.9. The lowest BCUT2D eigenvalue weighted by atomic mass is 10.2. The molecule has 4 aromatic rings. The van der Waals surface area contributed by atoms with Gasteiger partial charge in [0.15, 0.2) is 0 Å². The Morgan fingerprint density at radius 3 is 2.55 bits per heavy atom. The van der Waals surface area contributed by atoms with E-state index in [1.165, 1.54) is 5.69 Å². The summed E-state index contributed by atoms with van der Waals surface area (Å²) < 4.78 is 14.3. The first-order valence-corrected chi connectivity index (χ1v) is 10.5. The van der Waals surface area contributed by atoms with Crippen LogP contribution in [0.25, 0.3) is 11.0 Å². The number of aromatic nitrogens is 2. The van der Waals surface area contributed by atoms with Crippen molar-refractivity contribution in [3.63, 3.8) is 0 Å². The van der Waals surface area contributed by atoms with Crippen LogP contribution in [-0.4, -0.2) is 16.2 Å². The monoisotopic (exact) mass is 456 g/mol. The van der Waals surface area contributed by atoms with Crippen LogP contribution in [0.1, 0.15) is 29.3 Å². The predicted molar refractivity (Wildman–Crippen MR) is 129 cm³/mol. The van der Waals surface area contributed by atoms with E-state index in [2.05, 4.69) is 29.5 Å². The Bertz CT molecular complexity index is 1190. The number of rotatable bonds is 7. The molecule has 0 aliphatic rings. The Hall–Kier alpha value is -2.69. The lowest BCUT2D eigenvalue weighted by Gasteiger charge is -2.14. The van der Waals surface area contributed by atoms with Gasteiger partial charge in [0.05, 0.1) is 12.1 Å². The molecular formula is C25H26Cl2N2O2. The van der Waals surface area contributed by atoms with Gasteiger partial charge in [0.1, 0.15) is 23.6 Å². The van der Waals surface area contributed by atoms with Gasteiger partial charge in [-0.15, -0.1) is 12.4 Å². The molecule has 0 spiro atoms. The molecule has 162 valence electrons. The molecule has 0 amide bonds. The van der Waals surface area contributed by atoms with Crippen LogP contribution in [0, 0.1) is 13.8 Å². The second-order valence-corrected chi connectivity index (χ2v) is 7.70. The van der Waals surface area contributed by atoms with E-state index in [0.29, 0.717) is 19.8 Å². The van der Waals surface area contributed by atoms with E-state index < -0.39 is 0 Å². The van der Waals surface area contributed by atoms with Crippen LogP contribution in [0.5, 0.6) is 11.5 Å². The summed E-state index contributed by atoms with van der Waals surface area (Å²) >= 11 is 6.21. The third-order valence-electron chi connectivity index (χ3n) is 5.35. The van der Waals surface area contributed by atoms with E-state index in [1.54, 1.807) is 0 Å². The third kappa shape index (κ3) is 4.81. The molecule has 0 unspecified atom stereocenters. The molecule has 0 fully saturated rings. The van der Waals surface area contributed by atoms with E-state index in [4.69, 9.17) is 21.1 Å². The number of hydrogen-bond acceptors (Lipinski definition) is 3. The van der Waals surface area contributed by atoms with Gasteiger partial charge in [-0.05, 0) is 50.1 Å². The van der Waals surface area contributed by atoms with E-state index in [9.17, 15) is 0 Å². The summed E-state index contributed by atoms with van der Waals surface area (Å²) in [6.45, 7) is 7.96. The van der Waals surface area contributed by atoms with Gasteiger partial charge < -0.3 is 14.0 Å². The van der Waals surface area contributed by atoms with E-state index in [0.717, 1.165) is 44.2 Å². The maximum atomic E-state index is 6.30. The standard InChI is InChI=1S/C25H25ClN2O2.ClH/c1-4-29-22-11-6-5-9-20(22)16-30-23-12-13-27-24-17(2)18(3)28(25(23)24)15-19-8-7-10-21(26)14-19;/h5-14H,4,15-16H2,1-3H3;1H. The molecular weight excluding hydrogens is 431 g/mol. The first-order valence-electron chi connectivity index (χ1n) is 10.1. The SMILES string of the molecule is CCOc1ccccc1COc1ccnc2c(C)c(C)n(Cc3cccc(Cl)c3)c12.Cl. The van der Waals surface area contributed by atoms with E-state index in [1.807, 2.05) is 61.7 Å². The van der Waals surface area contributed by atoms with Gasteiger partial charge in [0.2, 0.25) is 0 Å². The number of hydrogen-bond donors (Lipinski definition) is 0. The first kappa shape index (κ1) is 23.0. The van der Waals surface area contributed by atoms with Gasteiger partial charge in [-0.25, -0.2) is 0 Å². The number of nitrogens with zero attached hydrogens (tertiary/aromatic N) is 2. The van der Waals surface area contributed by atoms with Crippen molar-refractivity contribution < 1.29 is 9.47 Å². The minimum absolute atomic E-state index is 0. The van der Waals surface area contributed by atoms with E-state index >= 15 is 0 Å². The fourth-order valence-electron chi connectivity index (χ4n) is 3.72. The second kappa shape index (κ2) is 10.1. The summed E-state index contributed by atoms with van der Waals surface area (Å²) in [5, 5.41) is 0.737. The Kier molecular flexibility index (Phi) is 7.47. The molecule has 2 aromatic carbocycles. The zero-order valence-electron chi connectivity index (χ0n) is 17.9. The number of para-hydroxylation sites is 1. The third-order valence-corrected chi connectivity index (χ3v) is 5.58. The van der Waals surface area contributed by atoms with Crippen molar-refractivity contribution in [2.75, 3.05) is 6.61 Å². The molecule has 31 heavy (non-hydrogen) atoms. The summed E-state index contributed by atoms with van der Waals surface area (Å²) in [5.41, 5.74) is 6.45. The Morgan fingerprint density at radius 1 is 0.968 bits per heavy atom. The van der Waals surface area contributed by atoms with Gasteiger partial charge in [-0.2, -0.15) is 0 Å². The lowest BCUT2D eigenvalue weighted by molar-refractivity contribution is 0.288. The zero-order chi connectivity index (χ0) is 21.1. The molecule has 4 nitrogen and oxygen atoms in total. The molecule has 0 saturated heterocycles. The molecule has 0 atom stereocenters. The predicted octanol–water partition coefficient (Wildman–Crippen LogP) is 6.75. The maximum Gasteiger partial charge on any atom is 0.147 e. The van der Waals surface area contributed by atoms with Crippen molar-refractivity contribution in [3.8, 4) is 11.5 Å². The van der Waals surface area contributed by atoms with Crippen molar-refractivity contribution in [1.29, 1.82) is 0 Å². The molecule has 0 aliphatic heterocycles. The van der Waals surface area contributed by atoms with E-state index in [-0.39, 0.29) is 12.4 Å². The van der Waals surface area contributed by atoms with Crippen LogP contribution in [0.4, 0.5) is 0 Å². The van der Waals surface area contributed by atoms with Gasteiger partial charge >= 0.3 is 0 Å². The van der Waals surface area contributed by atoms with Crippen LogP contribution in [0.2, 0.25) is 5.02 Å². The summed E-state index contributed by atoms with van der Waals surface area (Å²) in [4.78, 5) is 4.63. The fourth-order valence-corrected chi connectivity index (χ4v) is 3.93. The van der Waals surface area contributed by atoms with Crippen LogP contribution < -0.4 is 9.47 Å². The minimum Gasteiger partial charge on any atom is -0.493 e. The Labute approximate surface area is 194 Å². The number of benzene rings is 2. The van der Waals surface area contributed by atoms with Crippen LogP contribution in [0.15, 0.2) is 60.8 Å². The number of ether oxygens (including phenoxy) is 2. The van der Waals surface area contributed by atoms with Crippen LogP contribution in [0.3, 0.4) is 0 Å². The summed E-state index contributed by atoms with van der Waals surface area (Å²) in [6.07, 6.45) is 1.81. The zero-order valence-corrected chi connectivity index (χ0v) is 19.5. The Morgan fingerprint density at radius 2 is 1.77 bits per heavy atom. The van der Waals surface area contributed by atoms with Gasteiger partial charge in [0, 0.05) is 35.1 Å². The molecule has 0 N–H and O–H groups in total. The average Bonchev–Trinajstić information content (AvgIpc) is 2.99. The molecule has 4 rings (SSSR count). The Balaban J connectivity index is 0.00000272. The molecule has 0 radical (unpaired) electrons. The fraction of sp³-hybridized carbons (Fsp3) is 0.240. The first-order chi connectivity index (χ1) is 14.6. The van der Waals surface area contributed by atoms with Gasteiger partial charge in [-0.3, -0.25) is 4.98 Å². The maximum absolute atomic E-state index is 6.30. The highest BCUT2D eigenvalue weighted by atomic mass is 35.5. The smallest absolute Gasteiger partial charge is 0.147 e. The number of halogens is 2. The summed E-state index contributed by atoms with van der Waals surface area (Å²) in [7, 11) is 0. The minimum atomic E-state index is 0. The van der Waals surface area contributed by atoms with Crippen LogP contribution in [-0.2, 0) is 13.2 Å². The highest BCUT2D eigenvalue weighted by Crippen LogP contribution is 2.32. The summed E-state index contributed by atoms with van der Waals surface area (Å²) in [5.74, 6) is 1.66. The lowest BCUT2D eigenvalue weighted by Crippen LogP contribution is -2.05. The molecule has 6 heteroatoms. The molecule has 2 aromatic heterocycles. The topological polar surface area (TPSA) is 36.3 Å². The van der Waals surface area contributed by atoms with Crippen molar-refractivity contribution in [3.05, 3.63) is 88.2 Å². The normalized spacial score (nSPS) is 10.7. The van der Waals surface area contributed by atoms with Crippen molar-refractivity contribution in [2.24, 2.45) is 0 Å². The number of pyridine rings is 1. The van der Waals surface area contributed by atoms with Gasteiger partial charge in [0.25, 0.3) is 0 Å². The molecule has 2 heterocycles.